The minimum absolute atomic E-state index is 0.000578. The number of pyridine rings is 1. The molecule has 1 aliphatic heterocycles. The zero-order valence-corrected chi connectivity index (χ0v) is 14.3. The first kappa shape index (κ1) is 17.8. The topological polar surface area (TPSA) is 68.7 Å². The van der Waals surface area contributed by atoms with Gasteiger partial charge in [0.25, 0.3) is 0 Å². The van der Waals surface area contributed by atoms with Crippen molar-refractivity contribution in [1.82, 2.24) is 14.8 Å². The second kappa shape index (κ2) is 7.86. The Morgan fingerprint density at radius 1 is 1.22 bits per heavy atom. The highest BCUT2D eigenvalue weighted by molar-refractivity contribution is 5.92. The fourth-order valence-corrected chi connectivity index (χ4v) is 2.49. The summed E-state index contributed by atoms with van der Waals surface area (Å²) in [5.74, 6) is -0.000578. The molecule has 0 unspecified atom stereocenters. The third-order valence-corrected chi connectivity index (χ3v) is 4.23. The van der Waals surface area contributed by atoms with Crippen molar-refractivity contribution < 1.29 is 9.90 Å². The second-order valence-corrected chi connectivity index (χ2v) is 7.24. The summed E-state index contributed by atoms with van der Waals surface area (Å²) in [7, 11) is 0. The fourth-order valence-electron chi connectivity index (χ4n) is 2.49. The molecule has 128 valence electrons. The molecule has 23 heavy (non-hydrogen) atoms. The van der Waals surface area contributed by atoms with Gasteiger partial charge in [0, 0.05) is 50.8 Å². The third-order valence-electron chi connectivity index (χ3n) is 4.23. The van der Waals surface area contributed by atoms with Crippen LogP contribution in [0.4, 0.5) is 5.69 Å². The number of β-amino-alcohol motifs (C(OH)–C–C–N with tert-alkyl or cyclic N) is 1. The summed E-state index contributed by atoms with van der Waals surface area (Å²) in [5.41, 5.74) is 0.679. The molecule has 1 aromatic rings. The molecule has 2 heterocycles. The van der Waals surface area contributed by atoms with Gasteiger partial charge < -0.3 is 10.4 Å². The Morgan fingerprint density at radius 3 is 2.35 bits per heavy atom. The predicted octanol–water partition coefficient (Wildman–Crippen LogP) is 1.04. The standard InChI is InChI=1S/C17H28N4O2/c1-17(2,3)15(22)12-20-8-10-21(11-9-20)13-16(23)19-14-4-6-18-7-5-14/h4-7,15,22H,8-13H2,1-3H3,(H,18,19,23)/t15-/m0/s1. The lowest BCUT2D eigenvalue weighted by Crippen LogP contribution is -2.51. The number of anilines is 1. The highest BCUT2D eigenvalue weighted by Crippen LogP contribution is 2.20. The van der Waals surface area contributed by atoms with Gasteiger partial charge in [-0.1, -0.05) is 20.8 Å². The second-order valence-electron chi connectivity index (χ2n) is 7.24. The summed E-state index contributed by atoms with van der Waals surface area (Å²) < 4.78 is 0. The lowest BCUT2D eigenvalue weighted by atomic mass is 9.89. The molecule has 6 nitrogen and oxygen atoms in total. The SMILES string of the molecule is CC(C)(C)[C@@H](O)CN1CCN(CC(=O)Nc2ccncc2)CC1. The number of aliphatic hydroxyl groups is 1. The van der Waals surface area contributed by atoms with Crippen LogP contribution in [0.15, 0.2) is 24.5 Å². The van der Waals surface area contributed by atoms with Crippen molar-refractivity contribution >= 4 is 11.6 Å². The van der Waals surface area contributed by atoms with Crippen LogP contribution in [0.25, 0.3) is 0 Å². The Kier molecular flexibility index (Phi) is 6.10. The molecular weight excluding hydrogens is 292 g/mol. The van der Waals surface area contributed by atoms with E-state index in [4.69, 9.17) is 0 Å². The fraction of sp³-hybridized carbons (Fsp3) is 0.647. The van der Waals surface area contributed by atoms with Crippen molar-refractivity contribution in [2.75, 3.05) is 44.6 Å². The smallest absolute Gasteiger partial charge is 0.238 e. The maximum Gasteiger partial charge on any atom is 0.238 e. The number of carbonyl (C=O) groups excluding carboxylic acids is 1. The average molecular weight is 320 g/mol. The molecule has 0 radical (unpaired) electrons. The van der Waals surface area contributed by atoms with Crippen LogP contribution < -0.4 is 5.32 Å². The summed E-state index contributed by atoms with van der Waals surface area (Å²) in [6.07, 6.45) is 2.99. The van der Waals surface area contributed by atoms with Crippen molar-refractivity contribution in [1.29, 1.82) is 0 Å². The maximum atomic E-state index is 12.0. The van der Waals surface area contributed by atoms with E-state index < -0.39 is 0 Å². The van der Waals surface area contributed by atoms with Gasteiger partial charge in [-0.05, 0) is 17.5 Å². The zero-order chi connectivity index (χ0) is 16.9. The van der Waals surface area contributed by atoms with Gasteiger partial charge >= 0.3 is 0 Å². The van der Waals surface area contributed by atoms with E-state index in [1.807, 2.05) is 0 Å². The van der Waals surface area contributed by atoms with Gasteiger partial charge in [0.05, 0.1) is 12.6 Å². The number of hydrogen-bond acceptors (Lipinski definition) is 5. The number of carbonyl (C=O) groups is 1. The first-order valence-corrected chi connectivity index (χ1v) is 8.17. The number of hydrogen-bond donors (Lipinski definition) is 2. The van der Waals surface area contributed by atoms with Gasteiger partial charge in [-0.3, -0.25) is 19.6 Å². The monoisotopic (exact) mass is 320 g/mol. The van der Waals surface area contributed by atoms with Crippen LogP contribution in [0, 0.1) is 5.41 Å². The lowest BCUT2D eigenvalue weighted by Gasteiger charge is -2.37. The molecule has 1 atom stereocenters. The number of amides is 1. The van der Waals surface area contributed by atoms with Gasteiger partial charge in [0.2, 0.25) is 5.91 Å². The number of piperazine rings is 1. The molecule has 0 aliphatic carbocycles. The third kappa shape index (κ3) is 5.89. The molecule has 0 spiro atoms. The summed E-state index contributed by atoms with van der Waals surface area (Å²) in [4.78, 5) is 20.4. The average Bonchev–Trinajstić information content (AvgIpc) is 2.49. The van der Waals surface area contributed by atoms with E-state index in [1.54, 1.807) is 24.5 Å². The van der Waals surface area contributed by atoms with Gasteiger partial charge in [-0.2, -0.15) is 0 Å². The van der Waals surface area contributed by atoms with Gasteiger partial charge in [0.15, 0.2) is 0 Å². The van der Waals surface area contributed by atoms with Crippen molar-refractivity contribution in [2.45, 2.75) is 26.9 Å². The summed E-state index contributed by atoms with van der Waals surface area (Å²) in [6, 6.07) is 3.56. The molecule has 2 rings (SSSR count). The van der Waals surface area contributed by atoms with Crippen LogP contribution in [-0.4, -0.2) is 71.2 Å². The first-order valence-electron chi connectivity index (χ1n) is 8.17. The molecule has 1 amide bonds. The highest BCUT2D eigenvalue weighted by atomic mass is 16.3. The molecule has 0 saturated carbocycles. The molecule has 0 aromatic carbocycles. The van der Waals surface area contributed by atoms with Crippen molar-refractivity contribution in [3.05, 3.63) is 24.5 Å². The first-order chi connectivity index (χ1) is 10.8. The van der Waals surface area contributed by atoms with E-state index in [0.717, 1.165) is 31.9 Å². The van der Waals surface area contributed by atoms with Crippen molar-refractivity contribution in [3.8, 4) is 0 Å². The van der Waals surface area contributed by atoms with E-state index in [9.17, 15) is 9.90 Å². The molecule has 6 heteroatoms. The maximum absolute atomic E-state index is 12.0. The summed E-state index contributed by atoms with van der Waals surface area (Å²) >= 11 is 0. The number of nitrogens with zero attached hydrogens (tertiary/aromatic N) is 3. The van der Waals surface area contributed by atoms with Gasteiger partial charge in [-0.25, -0.2) is 0 Å². The van der Waals surface area contributed by atoms with E-state index >= 15 is 0 Å². The zero-order valence-electron chi connectivity index (χ0n) is 14.3. The number of aromatic nitrogens is 1. The Balaban J connectivity index is 1.71. The van der Waals surface area contributed by atoms with E-state index in [1.165, 1.54) is 0 Å². The van der Waals surface area contributed by atoms with Crippen molar-refractivity contribution in [2.24, 2.45) is 5.41 Å². The normalized spacial score (nSPS) is 18.6. The molecule has 0 bridgehead atoms. The van der Waals surface area contributed by atoms with E-state index in [2.05, 4.69) is 40.9 Å². The van der Waals surface area contributed by atoms with Crippen LogP contribution in [0.3, 0.4) is 0 Å². The van der Waals surface area contributed by atoms with Crippen molar-refractivity contribution in [3.63, 3.8) is 0 Å². The Bertz CT molecular complexity index is 493. The van der Waals surface area contributed by atoms with Gasteiger partial charge in [0.1, 0.15) is 0 Å². The highest BCUT2D eigenvalue weighted by Gasteiger charge is 2.26. The van der Waals surface area contributed by atoms with Crippen LogP contribution >= 0.6 is 0 Å². The number of aliphatic hydroxyl groups excluding tert-OH is 1. The Morgan fingerprint density at radius 2 is 1.78 bits per heavy atom. The quantitative estimate of drug-likeness (QED) is 0.848. The van der Waals surface area contributed by atoms with Crippen LogP contribution in [-0.2, 0) is 4.79 Å². The Labute approximate surface area is 138 Å². The van der Waals surface area contributed by atoms with E-state index in [0.29, 0.717) is 13.1 Å². The predicted molar refractivity (Wildman–Crippen MR) is 91.2 cm³/mol. The lowest BCUT2D eigenvalue weighted by molar-refractivity contribution is -0.117. The number of nitrogens with one attached hydrogen (secondary N) is 1. The molecule has 1 fully saturated rings. The molecular formula is C17H28N4O2. The summed E-state index contributed by atoms with van der Waals surface area (Å²) in [6.45, 7) is 10.7. The van der Waals surface area contributed by atoms with Gasteiger partial charge in [-0.15, -0.1) is 0 Å². The molecule has 1 aromatic heterocycles. The molecule has 1 aliphatic rings. The number of rotatable bonds is 5. The van der Waals surface area contributed by atoms with Crippen LogP contribution in [0.1, 0.15) is 20.8 Å². The molecule has 2 N–H and O–H groups in total. The van der Waals surface area contributed by atoms with Crippen LogP contribution in [0.5, 0.6) is 0 Å². The molecule has 1 saturated heterocycles. The summed E-state index contributed by atoms with van der Waals surface area (Å²) in [5, 5.41) is 13.1. The minimum atomic E-state index is -0.330. The largest absolute Gasteiger partial charge is 0.391 e. The van der Waals surface area contributed by atoms with Crippen LogP contribution in [0.2, 0.25) is 0 Å². The minimum Gasteiger partial charge on any atom is -0.391 e. The van der Waals surface area contributed by atoms with E-state index in [-0.39, 0.29) is 17.4 Å². The Hall–Kier alpha value is -1.50.